The van der Waals surface area contributed by atoms with Crippen LogP contribution in [0.25, 0.3) is 0 Å². The first-order chi connectivity index (χ1) is 8.36. The fourth-order valence-electron chi connectivity index (χ4n) is 1.99. The Bertz CT molecular complexity index is 418. The molecule has 0 aliphatic carbocycles. The van der Waals surface area contributed by atoms with Crippen molar-refractivity contribution >= 4 is 21.9 Å². The van der Waals surface area contributed by atoms with Crippen LogP contribution in [0.1, 0.15) is 19.4 Å². The first-order valence-electron chi connectivity index (χ1n) is 5.87. The van der Waals surface area contributed by atoms with Crippen LogP contribution >= 0.6 is 15.9 Å². The molecule has 0 atom stereocenters. The van der Waals surface area contributed by atoms with Crippen molar-refractivity contribution in [1.82, 2.24) is 4.90 Å². The number of carbonyl (C=O) groups is 1. The van der Waals surface area contributed by atoms with Gasteiger partial charge in [-0.1, -0.05) is 34.1 Å². The summed E-state index contributed by atoms with van der Waals surface area (Å²) in [5, 5.41) is 0. The van der Waals surface area contributed by atoms with E-state index < -0.39 is 5.41 Å². The third-order valence-corrected chi connectivity index (χ3v) is 3.57. The van der Waals surface area contributed by atoms with Gasteiger partial charge in [0.15, 0.2) is 0 Å². The highest BCUT2D eigenvalue weighted by Gasteiger charge is 2.30. The number of nitrogens with zero attached hydrogens (tertiary/aromatic N) is 1. The summed E-state index contributed by atoms with van der Waals surface area (Å²) in [5.41, 5.74) is 0.714. The second kappa shape index (κ2) is 6.34. The lowest BCUT2D eigenvalue weighted by Gasteiger charge is -2.28. The van der Waals surface area contributed by atoms with E-state index >= 15 is 0 Å². The summed E-state index contributed by atoms with van der Waals surface area (Å²) in [7, 11) is 3.43. The molecule has 0 aliphatic heterocycles. The summed E-state index contributed by atoms with van der Waals surface area (Å²) in [6.45, 7) is 5.24. The number of methoxy groups -OCH3 is 1. The van der Waals surface area contributed by atoms with Crippen molar-refractivity contribution in [3.63, 3.8) is 0 Å². The number of halogens is 1. The Kier molecular flexibility index (Phi) is 5.35. The molecule has 0 saturated heterocycles. The normalized spacial score (nSPS) is 11.7. The molecule has 1 aromatic rings. The molecule has 0 spiro atoms. The highest BCUT2D eigenvalue weighted by Crippen LogP contribution is 2.22. The SMILES string of the molecule is COC(=O)C(C)(C)CN(C)Cc1ccccc1Br. The van der Waals surface area contributed by atoms with E-state index in [1.165, 1.54) is 12.7 Å². The van der Waals surface area contributed by atoms with Crippen LogP contribution in [-0.2, 0) is 16.1 Å². The molecule has 1 aromatic carbocycles. The van der Waals surface area contributed by atoms with Gasteiger partial charge >= 0.3 is 5.97 Å². The van der Waals surface area contributed by atoms with E-state index in [1.807, 2.05) is 39.1 Å². The van der Waals surface area contributed by atoms with Crippen LogP contribution in [0.4, 0.5) is 0 Å². The van der Waals surface area contributed by atoms with Crippen LogP contribution < -0.4 is 0 Å². The molecule has 0 fully saturated rings. The van der Waals surface area contributed by atoms with Gasteiger partial charge in [0.25, 0.3) is 0 Å². The van der Waals surface area contributed by atoms with Gasteiger partial charge in [-0.3, -0.25) is 4.79 Å². The van der Waals surface area contributed by atoms with Crippen LogP contribution in [0.2, 0.25) is 0 Å². The molecule has 0 heterocycles. The first-order valence-corrected chi connectivity index (χ1v) is 6.66. The van der Waals surface area contributed by atoms with Crippen molar-refractivity contribution in [3.05, 3.63) is 34.3 Å². The molecule has 0 aromatic heterocycles. The van der Waals surface area contributed by atoms with Gasteiger partial charge in [0, 0.05) is 17.6 Å². The minimum Gasteiger partial charge on any atom is -0.469 e. The van der Waals surface area contributed by atoms with Gasteiger partial charge in [-0.25, -0.2) is 0 Å². The molecular weight excluding hydrogens is 294 g/mol. The number of ether oxygens (including phenoxy) is 1. The predicted octanol–water partition coefficient (Wildman–Crippen LogP) is 3.08. The Morgan fingerprint density at radius 1 is 1.39 bits per heavy atom. The van der Waals surface area contributed by atoms with E-state index in [9.17, 15) is 4.79 Å². The molecule has 0 amide bonds. The van der Waals surface area contributed by atoms with Crippen molar-refractivity contribution in [1.29, 1.82) is 0 Å². The minimum atomic E-state index is -0.495. The average molecular weight is 314 g/mol. The van der Waals surface area contributed by atoms with E-state index in [0.29, 0.717) is 6.54 Å². The maximum absolute atomic E-state index is 11.6. The summed E-state index contributed by atoms with van der Waals surface area (Å²) in [6, 6.07) is 8.10. The Labute approximate surface area is 117 Å². The smallest absolute Gasteiger partial charge is 0.312 e. The topological polar surface area (TPSA) is 29.5 Å². The lowest BCUT2D eigenvalue weighted by Crippen LogP contribution is -2.37. The molecular formula is C14H20BrNO2. The molecule has 0 saturated carbocycles. The Hall–Kier alpha value is -0.870. The Morgan fingerprint density at radius 2 is 2.00 bits per heavy atom. The lowest BCUT2D eigenvalue weighted by molar-refractivity contribution is -0.151. The number of rotatable bonds is 5. The largest absolute Gasteiger partial charge is 0.469 e. The second-order valence-corrected chi connectivity index (χ2v) is 5.99. The fraction of sp³-hybridized carbons (Fsp3) is 0.500. The number of esters is 1. The van der Waals surface area contributed by atoms with Crippen molar-refractivity contribution < 1.29 is 9.53 Å². The van der Waals surface area contributed by atoms with Gasteiger partial charge in [-0.15, -0.1) is 0 Å². The number of benzene rings is 1. The van der Waals surface area contributed by atoms with Crippen LogP contribution in [-0.4, -0.2) is 31.6 Å². The standard InChI is InChI=1S/C14H20BrNO2/c1-14(2,13(17)18-4)10-16(3)9-11-7-5-6-8-12(11)15/h5-8H,9-10H2,1-4H3. The van der Waals surface area contributed by atoms with Crippen molar-refractivity contribution in [2.24, 2.45) is 5.41 Å². The molecule has 0 radical (unpaired) electrons. The summed E-state index contributed by atoms with van der Waals surface area (Å²) >= 11 is 3.53. The van der Waals surface area contributed by atoms with E-state index in [0.717, 1.165) is 11.0 Å². The zero-order valence-electron chi connectivity index (χ0n) is 11.4. The van der Waals surface area contributed by atoms with E-state index in [4.69, 9.17) is 4.74 Å². The second-order valence-electron chi connectivity index (χ2n) is 5.14. The molecule has 1 rings (SSSR count). The molecule has 0 N–H and O–H groups in total. The van der Waals surface area contributed by atoms with Gasteiger partial charge in [0.2, 0.25) is 0 Å². The quantitative estimate of drug-likeness (QED) is 0.782. The van der Waals surface area contributed by atoms with Crippen molar-refractivity contribution in [3.8, 4) is 0 Å². The first kappa shape index (κ1) is 15.2. The highest BCUT2D eigenvalue weighted by atomic mass is 79.9. The van der Waals surface area contributed by atoms with Gasteiger partial charge < -0.3 is 9.64 Å². The van der Waals surface area contributed by atoms with Gasteiger partial charge in [-0.05, 0) is 32.5 Å². The summed E-state index contributed by atoms with van der Waals surface area (Å²) in [6.07, 6.45) is 0. The Morgan fingerprint density at radius 3 is 2.56 bits per heavy atom. The highest BCUT2D eigenvalue weighted by molar-refractivity contribution is 9.10. The van der Waals surface area contributed by atoms with Crippen LogP contribution in [0.5, 0.6) is 0 Å². The molecule has 4 heteroatoms. The van der Waals surface area contributed by atoms with Gasteiger partial charge in [-0.2, -0.15) is 0 Å². The zero-order valence-corrected chi connectivity index (χ0v) is 13.0. The van der Waals surface area contributed by atoms with Crippen LogP contribution in [0.15, 0.2) is 28.7 Å². The Balaban J connectivity index is 2.65. The predicted molar refractivity (Wildman–Crippen MR) is 76.3 cm³/mol. The minimum absolute atomic E-state index is 0.179. The molecule has 3 nitrogen and oxygen atoms in total. The lowest BCUT2D eigenvalue weighted by atomic mass is 9.93. The van der Waals surface area contributed by atoms with E-state index in [1.54, 1.807) is 0 Å². The van der Waals surface area contributed by atoms with Gasteiger partial charge in [0.1, 0.15) is 0 Å². The fourth-order valence-corrected chi connectivity index (χ4v) is 2.40. The summed E-state index contributed by atoms with van der Waals surface area (Å²) in [4.78, 5) is 13.8. The summed E-state index contributed by atoms with van der Waals surface area (Å²) < 4.78 is 5.91. The maximum atomic E-state index is 11.6. The molecule has 0 unspecified atom stereocenters. The van der Waals surface area contributed by atoms with E-state index in [2.05, 4.69) is 26.9 Å². The maximum Gasteiger partial charge on any atom is 0.312 e. The molecule has 100 valence electrons. The summed E-state index contributed by atoms with van der Waals surface area (Å²) in [5.74, 6) is -0.179. The third kappa shape index (κ3) is 4.10. The van der Waals surface area contributed by atoms with Gasteiger partial charge in [0.05, 0.1) is 12.5 Å². The number of carbonyl (C=O) groups excluding carboxylic acids is 1. The van der Waals surface area contributed by atoms with Crippen molar-refractivity contribution in [2.75, 3.05) is 20.7 Å². The van der Waals surface area contributed by atoms with Crippen molar-refractivity contribution in [2.45, 2.75) is 20.4 Å². The van der Waals surface area contributed by atoms with Crippen LogP contribution in [0.3, 0.4) is 0 Å². The monoisotopic (exact) mass is 313 g/mol. The van der Waals surface area contributed by atoms with E-state index in [-0.39, 0.29) is 5.97 Å². The number of hydrogen-bond donors (Lipinski definition) is 0. The third-order valence-electron chi connectivity index (χ3n) is 2.80. The zero-order chi connectivity index (χ0) is 13.8. The molecule has 0 aliphatic rings. The number of hydrogen-bond acceptors (Lipinski definition) is 3. The van der Waals surface area contributed by atoms with Crippen LogP contribution in [0, 0.1) is 5.41 Å². The average Bonchev–Trinajstić information content (AvgIpc) is 2.30. The molecule has 18 heavy (non-hydrogen) atoms. The molecule has 0 bridgehead atoms.